The van der Waals surface area contributed by atoms with Crippen molar-refractivity contribution in [3.63, 3.8) is 0 Å². The van der Waals surface area contributed by atoms with Gasteiger partial charge in [-0.25, -0.2) is 9.69 Å². The molecule has 0 radical (unpaired) electrons. The molecule has 2 heterocycles. The van der Waals surface area contributed by atoms with Crippen LogP contribution in [0.5, 0.6) is 5.75 Å². The van der Waals surface area contributed by atoms with E-state index in [2.05, 4.69) is 10.2 Å². The molecule has 1 aliphatic rings. The van der Waals surface area contributed by atoms with Gasteiger partial charge >= 0.3 is 5.97 Å². The van der Waals surface area contributed by atoms with E-state index < -0.39 is 17.1 Å². The maximum absolute atomic E-state index is 12.9. The van der Waals surface area contributed by atoms with Crippen LogP contribution >= 0.6 is 35.0 Å². The van der Waals surface area contributed by atoms with E-state index in [9.17, 15) is 14.4 Å². The number of imide groups is 1. The number of amides is 2. The van der Waals surface area contributed by atoms with Crippen LogP contribution in [0.25, 0.3) is 0 Å². The van der Waals surface area contributed by atoms with Gasteiger partial charge in [-0.3, -0.25) is 9.59 Å². The predicted molar refractivity (Wildman–Crippen MR) is 124 cm³/mol. The topological polar surface area (TPSA) is 112 Å². The van der Waals surface area contributed by atoms with Gasteiger partial charge in [-0.15, -0.1) is 10.2 Å². The summed E-state index contributed by atoms with van der Waals surface area (Å²) in [4.78, 5) is 38.3. The van der Waals surface area contributed by atoms with Crippen molar-refractivity contribution in [2.45, 2.75) is 30.4 Å². The molecule has 1 unspecified atom stereocenters. The fraction of sp³-hybridized carbons (Fsp3) is 0.227. The number of esters is 1. The van der Waals surface area contributed by atoms with Crippen LogP contribution < -0.4 is 9.64 Å². The van der Waals surface area contributed by atoms with Crippen LogP contribution in [-0.2, 0) is 20.9 Å². The number of carbonyl (C=O) groups excluding carboxylic acids is 3. The summed E-state index contributed by atoms with van der Waals surface area (Å²) in [5.74, 6) is -0.679. The summed E-state index contributed by atoms with van der Waals surface area (Å²) < 4.78 is 16.0. The Bertz CT molecular complexity index is 1230. The fourth-order valence-corrected chi connectivity index (χ4v) is 4.50. The Labute approximate surface area is 208 Å². The molecule has 176 valence electrons. The van der Waals surface area contributed by atoms with Crippen molar-refractivity contribution >= 4 is 58.4 Å². The van der Waals surface area contributed by atoms with Gasteiger partial charge in [0, 0.05) is 11.4 Å². The molecular weight excluding hydrogens is 505 g/mol. The molecule has 1 aliphatic heterocycles. The lowest BCUT2D eigenvalue weighted by atomic mass is 10.2. The predicted octanol–water partition coefficient (Wildman–Crippen LogP) is 4.56. The molecule has 0 bridgehead atoms. The number of hydrogen-bond donors (Lipinski definition) is 0. The lowest BCUT2D eigenvalue weighted by Crippen LogP contribution is -2.31. The van der Waals surface area contributed by atoms with E-state index >= 15 is 0 Å². The van der Waals surface area contributed by atoms with Gasteiger partial charge in [-0.05, 0) is 49.4 Å². The number of rotatable bonds is 8. The Kier molecular flexibility index (Phi) is 7.40. The molecule has 1 fully saturated rings. The Morgan fingerprint density at radius 3 is 2.65 bits per heavy atom. The molecule has 34 heavy (non-hydrogen) atoms. The highest BCUT2D eigenvalue weighted by Crippen LogP contribution is 2.34. The second-order valence-electron chi connectivity index (χ2n) is 6.97. The van der Waals surface area contributed by atoms with Crippen LogP contribution in [0.3, 0.4) is 0 Å². The van der Waals surface area contributed by atoms with E-state index in [4.69, 9.17) is 37.1 Å². The number of benzene rings is 2. The van der Waals surface area contributed by atoms with Crippen LogP contribution in [0.4, 0.5) is 5.69 Å². The highest BCUT2D eigenvalue weighted by Gasteiger charge is 2.41. The zero-order valence-corrected chi connectivity index (χ0v) is 20.0. The van der Waals surface area contributed by atoms with Crippen molar-refractivity contribution in [1.29, 1.82) is 0 Å². The van der Waals surface area contributed by atoms with Crippen molar-refractivity contribution in [3.05, 3.63) is 64.0 Å². The SMILES string of the molecule is CCOC(=O)c1ccc(N2C(=O)CC(Sc3nnc(COc4ccc(Cl)cc4Cl)o3)C2=O)cc1. The third kappa shape index (κ3) is 5.35. The Morgan fingerprint density at radius 2 is 1.94 bits per heavy atom. The minimum absolute atomic E-state index is 0.0300. The monoisotopic (exact) mass is 521 g/mol. The van der Waals surface area contributed by atoms with Gasteiger partial charge < -0.3 is 13.9 Å². The van der Waals surface area contributed by atoms with Crippen LogP contribution in [0, 0.1) is 0 Å². The summed E-state index contributed by atoms with van der Waals surface area (Å²) in [6, 6.07) is 10.9. The van der Waals surface area contributed by atoms with Gasteiger partial charge in [-0.1, -0.05) is 35.0 Å². The number of carbonyl (C=O) groups is 3. The summed E-state index contributed by atoms with van der Waals surface area (Å²) in [5.41, 5.74) is 0.696. The molecule has 0 saturated carbocycles. The summed E-state index contributed by atoms with van der Waals surface area (Å²) in [7, 11) is 0. The Balaban J connectivity index is 1.38. The molecule has 2 amide bonds. The zero-order valence-electron chi connectivity index (χ0n) is 17.7. The minimum atomic E-state index is -0.725. The van der Waals surface area contributed by atoms with Gasteiger partial charge in [0.2, 0.25) is 11.8 Å². The molecule has 1 aromatic heterocycles. The summed E-state index contributed by atoms with van der Waals surface area (Å²) >= 11 is 12.9. The van der Waals surface area contributed by atoms with Crippen LogP contribution in [0.15, 0.2) is 52.1 Å². The smallest absolute Gasteiger partial charge is 0.338 e. The van der Waals surface area contributed by atoms with E-state index in [1.807, 2.05) is 0 Å². The number of aromatic nitrogens is 2. The number of halogens is 2. The number of nitrogens with zero attached hydrogens (tertiary/aromatic N) is 3. The molecule has 1 saturated heterocycles. The quantitative estimate of drug-likeness (QED) is 0.311. The molecule has 9 nitrogen and oxygen atoms in total. The largest absolute Gasteiger partial charge is 0.482 e. The van der Waals surface area contributed by atoms with Gasteiger partial charge in [0.1, 0.15) is 11.0 Å². The van der Waals surface area contributed by atoms with Crippen molar-refractivity contribution < 1.29 is 28.3 Å². The van der Waals surface area contributed by atoms with Crippen LogP contribution in [0.1, 0.15) is 29.6 Å². The fourth-order valence-electron chi connectivity index (χ4n) is 3.13. The number of hydrogen-bond acceptors (Lipinski definition) is 9. The normalized spacial score (nSPS) is 15.6. The van der Waals surface area contributed by atoms with Crippen molar-refractivity contribution in [3.8, 4) is 5.75 Å². The average Bonchev–Trinajstić information content (AvgIpc) is 3.37. The average molecular weight is 522 g/mol. The highest BCUT2D eigenvalue weighted by molar-refractivity contribution is 8.00. The lowest BCUT2D eigenvalue weighted by molar-refractivity contribution is -0.121. The van der Waals surface area contributed by atoms with Crippen LogP contribution in [0.2, 0.25) is 10.0 Å². The molecule has 4 rings (SSSR count). The molecular formula is C22H17Cl2N3O6S. The molecule has 0 N–H and O–H groups in total. The van der Waals surface area contributed by atoms with Crippen LogP contribution in [-0.4, -0.2) is 39.8 Å². The van der Waals surface area contributed by atoms with Crippen molar-refractivity contribution in [2.75, 3.05) is 11.5 Å². The zero-order chi connectivity index (χ0) is 24.2. The summed E-state index contributed by atoms with van der Waals surface area (Å²) in [6.07, 6.45) is -0.0300. The highest BCUT2D eigenvalue weighted by atomic mass is 35.5. The number of ether oxygens (including phenoxy) is 2. The Morgan fingerprint density at radius 1 is 1.18 bits per heavy atom. The molecule has 1 atom stereocenters. The van der Waals surface area contributed by atoms with Gasteiger partial charge in [0.25, 0.3) is 11.1 Å². The molecule has 0 aliphatic carbocycles. The van der Waals surface area contributed by atoms with Gasteiger partial charge in [-0.2, -0.15) is 0 Å². The maximum atomic E-state index is 12.9. The minimum Gasteiger partial charge on any atom is -0.482 e. The molecule has 3 aromatic rings. The standard InChI is InChI=1S/C22H17Cl2N3O6S/c1-2-31-21(30)12-3-6-14(7-4-12)27-19(28)10-17(20(27)29)34-22-26-25-18(33-22)11-32-16-8-5-13(23)9-15(16)24/h3-9,17H,2,10-11H2,1H3. The second-order valence-corrected chi connectivity index (χ2v) is 8.97. The molecule has 2 aromatic carbocycles. The summed E-state index contributed by atoms with van der Waals surface area (Å²) in [6.45, 7) is 1.92. The van der Waals surface area contributed by atoms with E-state index in [-0.39, 0.29) is 36.7 Å². The van der Waals surface area contributed by atoms with E-state index in [0.717, 1.165) is 16.7 Å². The van der Waals surface area contributed by atoms with E-state index in [1.54, 1.807) is 25.1 Å². The van der Waals surface area contributed by atoms with Gasteiger partial charge in [0.15, 0.2) is 6.61 Å². The number of anilines is 1. The van der Waals surface area contributed by atoms with Crippen molar-refractivity contribution in [1.82, 2.24) is 10.2 Å². The van der Waals surface area contributed by atoms with Gasteiger partial charge in [0.05, 0.1) is 22.9 Å². The Hall–Kier alpha value is -3.08. The summed E-state index contributed by atoms with van der Waals surface area (Å²) in [5, 5.41) is 8.04. The lowest BCUT2D eigenvalue weighted by Gasteiger charge is -2.14. The molecule has 0 spiro atoms. The first-order valence-electron chi connectivity index (χ1n) is 10.1. The number of thioether (sulfide) groups is 1. The van der Waals surface area contributed by atoms with E-state index in [1.165, 1.54) is 24.3 Å². The molecule has 12 heteroatoms. The first-order valence-corrected chi connectivity index (χ1v) is 11.7. The third-order valence-electron chi connectivity index (χ3n) is 4.68. The third-order valence-corrected chi connectivity index (χ3v) is 6.23. The first-order chi connectivity index (χ1) is 16.4. The maximum Gasteiger partial charge on any atom is 0.338 e. The van der Waals surface area contributed by atoms with Crippen molar-refractivity contribution in [2.24, 2.45) is 0 Å². The second kappa shape index (κ2) is 10.5. The van der Waals surface area contributed by atoms with E-state index in [0.29, 0.717) is 27.0 Å². The first kappa shape index (κ1) is 24.1.